The fourth-order valence-electron chi connectivity index (χ4n) is 1.36. The number of hydrogen-bond donors (Lipinski definition) is 1. The van der Waals surface area contributed by atoms with E-state index < -0.39 is 0 Å². The molecule has 86 valence electrons. The SMILES string of the molecule is CC(=O)/C=C/c1cc(C(C)(C)C)ccc1O. The number of aromatic hydroxyl groups is 1. The van der Waals surface area contributed by atoms with Gasteiger partial charge in [-0.15, -0.1) is 0 Å². The van der Waals surface area contributed by atoms with E-state index in [1.807, 2.05) is 12.1 Å². The number of phenolic OH excluding ortho intramolecular Hbond substituents is 1. The molecule has 1 aromatic carbocycles. The zero-order valence-electron chi connectivity index (χ0n) is 10.2. The molecule has 2 heteroatoms. The van der Waals surface area contributed by atoms with Gasteiger partial charge in [-0.3, -0.25) is 4.79 Å². The fraction of sp³-hybridized carbons (Fsp3) is 0.357. The van der Waals surface area contributed by atoms with Crippen LogP contribution < -0.4 is 0 Å². The van der Waals surface area contributed by atoms with Crippen molar-refractivity contribution in [2.45, 2.75) is 33.1 Å². The summed E-state index contributed by atoms with van der Waals surface area (Å²) in [5.74, 6) is 0.172. The fourth-order valence-corrected chi connectivity index (χ4v) is 1.36. The van der Waals surface area contributed by atoms with Crippen LogP contribution in [0.5, 0.6) is 5.75 Å². The van der Waals surface area contributed by atoms with Crippen LogP contribution in [0.2, 0.25) is 0 Å². The summed E-state index contributed by atoms with van der Waals surface area (Å²) in [4.78, 5) is 10.8. The van der Waals surface area contributed by atoms with E-state index >= 15 is 0 Å². The van der Waals surface area contributed by atoms with Gasteiger partial charge in [0.1, 0.15) is 5.75 Å². The van der Waals surface area contributed by atoms with Crippen molar-refractivity contribution >= 4 is 11.9 Å². The average Bonchev–Trinajstić information content (AvgIpc) is 2.14. The Morgan fingerprint density at radius 2 is 1.94 bits per heavy atom. The number of benzene rings is 1. The van der Waals surface area contributed by atoms with E-state index in [-0.39, 0.29) is 16.9 Å². The topological polar surface area (TPSA) is 37.3 Å². The lowest BCUT2D eigenvalue weighted by Crippen LogP contribution is -2.10. The van der Waals surface area contributed by atoms with Gasteiger partial charge in [0.25, 0.3) is 0 Å². The van der Waals surface area contributed by atoms with Gasteiger partial charge in [0.05, 0.1) is 0 Å². The quantitative estimate of drug-likeness (QED) is 0.773. The van der Waals surface area contributed by atoms with Gasteiger partial charge >= 0.3 is 0 Å². The predicted molar refractivity (Wildman–Crippen MR) is 66.5 cm³/mol. The second-order valence-corrected chi connectivity index (χ2v) is 4.97. The van der Waals surface area contributed by atoms with Crippen LogP contribution in [0.1, 0.15) is 38.8 Å². The zero-order valence-corrected chi connectivity index (χ0v) is 10.2. The minimum absolute atomic E-state index is 0.0273. The first-order valence-electron chi connectivity index (χ1n) is 5.33. The van der Waals surface area contributed by atoms with Gasteiger partial charge in [-0.25, -0.2) is 0 Å². The van der Waals surface area contributed by atoms with Crippen molar-refractivity contribution in [2.75, 3.05) is 0 Å². The van der Waals surface area contributed by atoms with Gasteiger partial charge in [0.15, 0.2) is 5.78 Å². The first kappa shape index (κ1) is 12.5. The summed E-state index contributed by atoms with van der Waals surface area (Å²) >= 11 is 0. The summed E-state index contributed by atoms with van der Waals surface area (Å²) in [6.45, 7) is 7.81. The Morgan fingerprint density at radius 1 is 1.31 bits per heavy atom. The molecule has 16 heavy (non-hydrogen) atoms. The van der Waals surface area contributed by atoms with Gasteiger partial charge in [0, 0.05) is 5.56 Å². The van der Waals surface area contributed by atoms with Gasteiger partial charge in [-0.1, -0.05) is 26.8 Å². The maximum absolute atomic E-state index is 10.8. The van der Waals surface area contributed by atoms with E-state index in [4.69, 9.17) is 0 Å². The molecule has 0 aromatic heterocycles. The lowest BCUT2D eigenvalue weighted by Gasteiger charge is -2.19. The normalized spacial score (nSPS) is 12.0. The third-order valence-corrected chi connectivity index (χ3v) is 2.39. The van der Waals surface area contributed by atoms with Crippen LogP contribution in [0.15, 0.2) is 24.3 Å². The Kier molecular flexibility index (Phi) is 3.53. The van der Waals surface area contributed by atoms with Crippen LogP contribution in [0.3, 0.4) is 0 Å². The summed E-state index contributed by atoms with van der Waals surface area (Å²) < 4.78 is 0. The molecule has 0 aliphatic heterocycles. The molecule has 0 fully saturated rings. The van der Waals surface area contributed by atoms with Crippen molar-refractivity contribution in [2.24, 2.45) is 0 Å². The van der Waals surface area contributed by atoms with E-state index in [1.165, 1.54) is 13.0 Å². The molecular weight excluding hydrogens is 200 g/mol. The molecule has 2 nitrogen and oxygen atoms in total. The molecule has 0 radical (unpaired) electrons. The second kappa shape index (κ2) is 4.52. The molecule has 1 aromatic rings. The molecule has 0 bridgehead atoms. The number of ketones is 1. The number of carbonyl (C=O) groups is 1. The van der Waals surface area contributed by atoms with Gasteiger partial charge < -0.3 is 5.11 Å². The van der Waals surface area contributed by atoms with Crippen molar-refractivity contribution in [1.29, 1.82) is 0 Å². The first-order chi connectivity index (χ1) is 7.30. The predicted octanol–water partition coefficient (Wildman–Crippen LogP) is 3.29. The third-order valence-electron chi connectivity index (χ3n) is 2.39. The molecule has 0 amide bonds. The Bertz CT molecular complexity index is 423. The molecule has 0 aliphatic carbocycles. The number of carbonyl (C=O) groups excluding carboxylic acids is 1. The summed E-state index contributed by atoms with van der Waals surface area (Å²) in [6.07, 6.45) is 3.11. The summed E-state index contributed by atoms with van der Waals surface area (Å²) in [6, 6.07) is 5.48. The number of allylic oxidation sites excluding steroid dienone is 1. The molecule has 0 atom stereocenters. The van der Waals surface area contributed by atoms with Crippen molar-refractivity contribution in [1.82, 2.24) is 0 Å². The molecule has 0 aliphatic rings. The standard InChI is InChI=1S/C14H18O2/c1-10(15)5-6-11-9-12(14(2,3)4)7-8-13(11)16/h5-9,16H,1-4H3/b6-5+. The Hall–Kier alpha value is -1.57. The number of hydrogen-bond acceptors (Lipinski definition) is 2. The maximum atomic E-state index is 10.8. The Balaban J connectivity index is 3.14. The summed E-state index contributed by atoms with van der Waals surface area (Å²) in [5.41, 5.74) is 1.85. The van der Waals surface area contributed by atoms with Crippen molar-refractivity contribution in [3.8, 4) is 5.75 Å². The van der Waals surface area contributed by atoms with Gasteiger partial charge in [-0.05, 0) is 42.2 Å². The smallest absolute Gasteiger partial charge is 0.152 e. The molecular formula is C14H18O2. The van der Waals surface area contributed by atoms with E-state index in [1.54, 1.807) is 12.1 Å². The van der Waals surface area contributed by atoms with E-state index in [0.29, 0.717) is 5.56 Å². The highest BCUT2D eigenvalue weighted by Gasteiger charge is 2.14. The van der Waals surface area contributed by atoms with E-state index in [2.05, 4.69) is 20.8 Å². The highest BCUT2D eigenvalue weighted by molar-refractivity contribution is 5.91. The Morgan fingerprint density at radius 3 is 2.44 bits per heavy atom. The zero-order chi connectivity index (χ0) is 12.3. The van der Waals surface area contributed by atoms with Crippen LogP contribution >= 0.6 is 0 Å². The van der Waals surface area contributed by atoms with Crippen LogP contribution in [-0.2, 0) is 10.2 Å². The molecule has 0 saturated heterocycles. The minimum atomic E-state index is -0.0273. The van der Waals surface area contributed by atoms with Crippen molar-refractivity contribution < 1.29 is 9.90 Å². The van der Waals surface area contributed by atoms with Crippen LogP contribution in [0.4, 0.5) is 0 Å². The monoisotopic (exact) mass is 218 g/mol. The van der Waals surface area contributed by atoms with Gasteiger partial charge in [-0.2, -0.15) is 0 Å². The summed E-state index contributed by atoms with van der Waals surface area (Å²) in [7, 11) is 0. The molecule has 0 spiro atoms. The second-order valence-electron chi connectivity index (χ2n) is 4.97. The van der Waals surface area contributed by atoms with Gasteiger partial charge in [0.2, 0.25) is 0 Å². The van der Waals surface area contributed by atoms with E-state index in [9.17, 15) is 9.90 Å². The summed E-state index contributed by atoms with van der Waals surface area (Å²) in [5, 5.41) is 9.65. The lowest BCUT2D eigenvalue weighted by atomic mass is 9.86. The highest BCUT2D eigenvalue weighted by Crippen LogP contribution is 2.27. The molecule has 0 saturated carbocycles. The first-order valence-corrected chi connectivity index (χ1v) is 5.33. The van der Waals surface area contributed by atoms with Crippen molar-refractivity contribution in [3.05, 3.63) is 35.4 Å². The third kappa shape index (κ3) is 3.23. The maximum Gasteiger partial charge on any atom is 0.152 e. The van der Waals surface area contributed by atoms with E-state index in [0.717, 1.165) is 5.56 Å². The Labute approximate surface area is 96.6 Å². The largest absolute Gasteiger partial charge is 0.507 e. The van der Waals surface area contributed by atoms with Crippen LogP contribution in [0, 0.1) is 0 Å². The molecule has 0 unspecified atom stereocenters. The van der Waals surface area contributed by atoms with Crippen molar-refractivity contribution in [3.63, 3.8) is 0 Å². The molecule has 0 heterocycles. The average molecular weight is 218 g/mol. The lowest BCUT2D eigenvalue weighted by molar-refractivity contribution is -0.112. The molecule has 1 rings (SSSR count). The van der Waals surface area contributed by atoms with Crippen LogP contribution in [0.25, 0.3) is 6.08 Å². The number of rotatable bonds is 2. The minimum Gasteiger partial charge on any atom is -0.507 e. The highest BCUT2D eigenvalue weighted by atomic mass is 16.3. The molecule has 1 N–H and O–H groups in total. The van der Waals surface area contributed by atoms with Crippen LogP contribution in [-0.4, -0.2) is 10.9 Å². The number of phenols is 1.